The normalized spacial score (nSPS) is 14.4. The third-order valence-corrected chi connectivity index (χ3v) is 1.59. The highest BCUT2D eigenvalue weighted by Crippen LogP contribution is 2.38. The standard InChI is InChI=1S/C3H3B7N2/c4-1(12-11,2(5,6)7)3(8,9)10/h12H,11H2. The molecular formula is C3H3B7N2. The Kier molecular flexibility index (Phi) is 3.36. The van der Waals surface area contributed by atoms with E-state index in [-0.39, 0.29) is 0 Å². The molecule has 0 aromatic rings. The zero-order valence-corrected chi connectivity index (χ0v) is 6.62. The molecule has 0 spiro atoms. The van der Waals surface area contributed by atoms with Crippen LogP contribution in [-0.4, -0.2) is 60.4 Å². The van der Waals surface area contributed by atoms with E-state index in [9.17, 15) is 0 Å². The van der Waals surface area contributed by atoms with Crippen molar-refractivity contribution in [3.8, 4) is 0 Å². The molecule has 0 bridgehead atoms. The Balaban J connectivity index is 4.95. The average Bonchev–Trinajstić information content (AvgIpc) is 1.81. The summed E-state index contributed by atoms with van der Waals surface area (Å²) in [6.45, 7) is 0. The molecule has 0 saturated carbocycles. The maximum atomic E-state index is 5.47. The summed E-state index contributed by atoms with van der Waals surface area (Å²) >= 11 is 0. The molecule has 0 rings (SSSR count). The monoisotopic (exact) mass is 144 g/mol. The van der Waals surface area contributed by atoms with E-state index in [0.717, 1.165) is 0 Å². The number of nitrogens with one attached hydrogen (secondary N) is 1. The second-order valence-electron chi connectivity index (χ2n) is 2.82. The van der Waals surface area contributed by atoms with Gasteiger partial charge >= 0.3 is 0 Å². The maximum absolute atomic E-state index is 5.47. The molecule has 0 amide bonds. The number of nitrogens with two attached hydrogens (primary N) is 1. The quantitative estimate of drug-likeness (QED) is 0.244. The number of hydrogen-bond donors (Lipinski definition) is 2. The van der Waals surface area contributed by atoms with Gasteiger partial charge in [-0.15, -0.1) is 10.2 Å². The number of rotatable bonds is 3. The molecule has 0 unspecified atom stereocenters. The second-order valence-corrected chi connectivity index (χ2v) is 2.82. The van der Waals surface area contributed by atoms with Gasteiger partial charge in [0.15, 0.2) is 0 Å². The van der Waals surface area contributed by atoms with Crippen LogP contribution in [0.4, 0.5) is 0 Å². The second kappa shape index (κ2) is 3.26. The van der Waals surface area contributed by atoms with E-state index in [1.165, 1.54) is 0 Å². The van der Waals surface area contributed by atoms with Crippen LogP contribution < -0.4 is 11.3 Å². The summed E-state index contributed by atoms with van der Waals surface area (Å²) in [5, 5.41) is -3.89. The minimum Gasteiger partial charge on any atom is -0.272 e. The van der Waals surface area contributed by atoms with E-state index >= 15 is 0 Å². The molecule has 3 N–H and O–H groups in total. The molecule has 0 aliphatic heterocycles. The minimum atomic E-state index is -1.94. The van der Waals surface area contributed by atoms with Crippen LogP contribution in [0.5, 0.6) is 0 Å². The van der Waals surface area contributed by atoms with Crippen molar-refractivity contribution in [1.82, 2.24) is 5.43 Å². The Bertz CT molecular complexity index is 143. The first-order valence-electron chi connectivity index (χ1n) is 3.06. The fourth-order valence-corrected chi connectivity index (χ4v) is 0.625. The zero-order chi connectivity index (χ0) is 10.2. The van der Waals surface area contributed by atoms with Gasteiger partial charge in [-0.3, -0.25) is 11.3 Å². The van der Waals surface area contributed by atoms with Crippen LogP contribution in [0.1, 0.15) is 0 Å². The van der Waals surface area contributed by atoms with Crippen LogP contribution in [0.3, 0.4) is 0 Å². The number of hydrogen-bond acceptors (Lipinski definition) is 2. The summed E-state index contributed by atoms with van der Waals surface area (Å²) in [4.78, 5) is 0. The summed E-state index contributed by atoms with van der Waals surface area (Å²) in [5.74, 6) is 5.02. The molecule has 2 nitrogen and oxygen atoms in total. The van der Waals surface area contributed by atoms with Crippen molar-refractivity contribution in [3.05, 3.63) is 0 Å². The Morgan fingerprint density at radius 2 is 1.00 bits per heavy atom. The molecule has 0 aliphatic carbocycles. The lowest BCUT2D eigenvalue weighted by Gasteiger charge is -2.54. The van der Waals surface area contributed by atoms with Crippen LogP contribution >= 0.6 is 0 Å². The summed E-state index contributed by atoms with van der Waals surface area (Å²) in [6.07, 6.45) is 0. The van der Waals surface area contributed by atoms with Gasteiger partial charge in [-0.1, -0.05) is 0 Å². The van der Waals surface area contributed by atoms with Gasteiger partial charge in [-0.2, -0.15) is 0 Å². The smallest absolute Gasteiger partial charge is 0.0928 e. The van der Waals surface area contributed by atoms with E-state index in [0.29, 0.717) is 0 Å². The molecule has 0 saturated heterocycles. The van der Waals surface area contributed by atoms with E-state index in [1.54, 1.807) is 0 Å². The zero-order valence-electron chi connectivity index (χ0n) is 6.62. The first-order chi connectivity index (χ1) is 5.06. The van der Waals surface area contributed by atoms with Crippen molar-refractivity contribution in [2.24, 2.45) is 5.84 Å². The van der Waals surface area contributed by atoms with Crippen molar-refractivity contribution in [2.45, 2.75) is 15.7 Å². The van der Waals surface area contributed by atoms with Crippen molar-refractivity contribution in [1.29, 1.82) is 0 Å². The lowest BCUT2D eigenvalue weighted by Crippen LogP contribution is -2.66. The molecule has 0 aromatic heterocycles. The lowest BCUT2D eigenvalue weighted by molar-refractivity contribution is 0.468. The van der Waals surface area contributed by atoms with E-state index in [2.05, 4.69) is 0 Å². The molecule has 0 atom stereocenters. The lowest BCUT2D eigenvalue weighted by atomic mass is 9.18. The van der Waals surface area contributed by atoms with Gasteiger partial charge in [0.25, 0.3) is 0 Å². The average molecular weight is 143 g/mol. The molecule has 9 heteroatoms. The Hall–Kier alpha value is 0.375. The van der Waals surface area contributed by atoms with Gasteiger partial charge in [0.1, 0.15) is 0 Å². The SMILES string of the molecule is [B]C([B])([B])C([B])(NN)C([B])([B])[B]. The van der Waals surface area contributed by atoms with Crippen molar-refractivity contribution < 1.29 is 0 Å². The van der Waals surface area contributed by atoms with Gasteiger partial charge in [-0.05, 0) is 5.44 Å². The van der Waals surface area contributed by atoms with Crippen LogP contribution in [0, 0.1) is 0 Å². The third-order valence-electron chi connectivity index (χ3n) is 1.59. The summed E-state index contributed by atoms with van der Waals surface area (Å²) in [5.41, 5.74) is 0.0972. The Labute approximate surface area is 82.4 Å². The van der Waals surface area contributed by atoms with E-state index in [4.69, 9.17) is 60.8 Å². The Morgan fingerprint density at radius 1 is 0.750 bits per heavy atom. The predicted molar refractivity (Wildman–Crippen MR) is 55.7 cm³/mol. The fourth-order valence-electron chi connectivity index (χ4n) is 0.625. The maximum Gasteiger partial charge on any atom is 0.0928 e. The van der Waals surface area contributed by atoms with E-state index < -0.39 is 15.7 Å². The highest BCUT2D eigenvalue weighted by molar-refractivity contribution is 6.69. The Morgan fingerprint density at radius 3 is 1.00 bits per heavy atom. The highest BCUT2D eigenvalue weighted by Gasteiger charge is 2.42. The van der Waals surface area contributed by atoms with Crippen LogP contribution in [0.25, 0.3) is 0 Å². The third kappa shape index (κ3) is 2.00. The fraction of sp³-hybridized carbons (Fsp3) is 1.00. The molecule has 14 radical (unpaired) electrons. The van der Waals surface area contributed by atoms with Crippen LogP contribution in [0.2, 0.25) is 10.2 Å². The summed E-state index contributed by atoms with van der Waals surface area (Å²) in [6, 6.07) is 0. The van der Waals surface area contributed by atoms with Crippen LogP contribution in [0.15, 0.2) is 0 Å². The molecule has 0 fully saturated rings. The first-order valence-corrected chi connectivity index (χ1v) is 3.06. The molecule has 0 aliphatic rings. The topological polar surface area (TPSA) is 38.0 Å². The molecule has 0 aromatic carbocycles. The van der Waals surface area contributed by atoms with Crippen molar-refractivity contribution in [3.63, 3.8) is 0 Å². The van der Waals surface area contributed by atoms with Crippen molar-refractivity contribution >= 4 is 54.9 Å². The van der Waals surface area contributed by atoms with Gasteiger partial charge in [0, 0.05) is 0 Å². The van der Waals surface area contributed by atoms with Crippen LogP contribution in [-0.2, 0) is 0 Å². The van der Waals surface area contributed by atoms with Gasteiger partial charge in [-0.25, -0.2) is 0 Å². The first kappa shape index (κ1) is 12.4. The predicted octanol–water partition coefficient (Wildman–Crippen LogP) is -3.53. The summed E-state index contributed by atoms with van der Waals surface area (Å²) < 4.78 is 0. The van der Waals surface area contributed by atoms with Gasteiger partial charge in [0.2, 0.25) is 0 Å². The van der Waals surface area contributed by atoms with Crippen molar-refractivity contribution in [2.75, 3.05) is 0 Å². The molecule has 12 heavy (non-hydrogen) atoms. The van der Waals surface area contributed by atoms with E-state index in [1.807, 2.05) is 5.43 Å². The minimum absolute atomic E-state index is 1.89. The number of hydrazine groups is 1. The molecule has 0 heterocycles. The summed E-state index contributed by atoms with van der Waals surface area (Å²) in [7, 11) is 37.0. The van der Waals surface area contributed by atoms with Gasteiger partial charge < -0.3 is 0 Å². The molecular weight excluding hydrogens is 140 g/mol. The molecule has 46 valence electrons. The largest absolute Gasteiger partial charge is 0.272 e. The highest BCUT2D eigenvalue weighted by atomic mass is 15.3. The van der Waals surface area contributed by atoms with Gasteiger partial charge in [0.05, 0.1) is 54.9 Å².